The normalized spacial score (nSPS) is 14.8. The van der Waals surface area contributed by atoms with E-state index in [9.17, 15) is 5.11 Å². The van der Waals surface area contributed by atoms with Crippen molar-refractivity contribution in [1.29, 1.82) is 0 Å². The van der Waals surface area contributed by atoms with Gasteiger partial charge in [0.2, 0.25) is 0 Å². The first-order valence-corrected chi connectivity index (χ1v) is 5.41. The van der Waals surface area contributed by atoms with Gasteiger partial charge in [-0.1, -0.05) is 17.7 Å². The molecule has 84 valence electrons. The van der Waals surface area contributed by atoms with E-state index >= 15 is 0 Å². The second-order valence-electron chi connectivity index (χ2n) is 4.38. The van der Waals surface area contributed by atoms with Crippen LogP contribution in [0.2, 0.25) is 0 Å². The van der Waals surface area contributed by atoms with Crippen LogP contribution in [0.4, 0.5) is 5.69 Å². The number of hydrogen-bond donors (Lipinski definition) is 1. The summed E-state index contributed by atoms with van der Waals surface area (Å²) in [5.74, 6) is 0. The third kappa shape index (κ3) is 2.72. The Morgan fingerprint density at radius 2 is 1.80 bits per heavy atom. The van der Waals surface area contributed by atoms with Gasteiger partial charge in [0.1, 0.15) is 0 Å². The van der Waals surface area contributed by atoms with Gasteiger partial charge < -0.3 is 10.0 Å². The van der Waals surface area contributed by atoms with Crippen molar-refractivity contribution >= 4 is 5.69 Å². The Morgan fingerprint density at radius 1 is 1.20 bits per heavy atom. The van der Waals surface area contributed by atoms with E-state index in [-0.39, 0.29) is 12.1 Å². The number of rotatable bonds is 3. The van der Waals surface area contributed by atoms with Gasteiger partial charge in [-0.2, -0.15) is 0 Å². The van der Waals surface area contributed by atoms with Gasteiger partial charge in [0.25, 0.3) is 0 Å². The highest BCUT2D eigenvalue weighted by molar-refractivity contribution is 5.54. The molecule has 1 N–H and O–H groups in total. The Morgan fingerprint density at radius 3 is 2.27 bits per heavy atom. The molecule has 0 aliphatic carbocycles. The predicted molar refractivity (Wildman–Crippen MR) is 65.5 cm³/mol. The molecule has 0 spiro atoms. The maximum Gasteiger partial charge on any atom is 0.0712 e. The van der Waals surface area contributed by atoms with Crippen molar-refractivity contribution in [3.05, 3.63) is 29.3 Å². The number of benzene rings is 1. The van der Waals surface area contributed by atoms with E-state index in [0.29, 0.717) is 0 Å². The van der Waals surface area contributed by atoms with Crippen LogP contribution in [-0.2, 0) is 0 Å². The van der Waals surface area contributed by atoms with E-state index < -0.39 is 0 Å². The first-order valence-electron chi connectivity index (χ1n) is 5.41. The van der Waals surface area contributed by atoms with Gasteiger partial charge in [-0.3, -0.25) is 0 Å². The molecular formula is C13H21NO. The van der Waals surface area contributed by atoms with Crippen LogP contribution in [-0.4, -0.2) is 24.3 Å². The molecule has 2 heteroatoms. The van der Waals surface area contributed by atoms with Crippen molar-refractivity contribution < 1.29 is 5.11 Å². The molecule has 0 fully saturated rings. The minimum Gasteiger partial charge on any atom is -0.391 e. The van der Waals surface area contributed by atoms with Gasteiger partial charge in [-0.25, -0.2) is 0 Å². The van der Waals surface area contributed by atoms with Gasteiger partial charge in [0.05, 0.1) is 12.1 Å². The molecule has 1 aromatic rings. The third-order valence-corrected chi connectivity index (χ3v) is 3.04. The Balaban J connectivity index is 2.96. The molecular weight excluding hydrogens is 186 g/mol. The molecule has 0 aliphatic rings. The minimum atomic E-state index is -0.323. The maximum atomic E-state index is 9.56. The maximum absolute atomic E-state index is 9.56. The lowest BCUT2D eigenvalue weighted by atomic mass is 10.1. The smallest absolute Gasteiger partial charge is 0.0712 e. The summed E-state index contributed by atoms with van der Waals surface area (Å²) < 4.78 is 0. The molecule has 0 radical (unpaired) electrons. The number of hydrogen-bond acceptors (Lipinski definition) is 2. The molecule has 0 saturated carbocycles. The molecule has 2 atom stereocenters. The molecule has 0 bridgehead atoms. The zero-order valence-corrected chi connectivity index (χ0v) is 10.3. The van der Waals surface area contributed by atoms with Crippen molar-refractivity contribution in [3.8, 4) is 0 Å². The fourth-order valence-electron chi connectivity index (χ4n) is 1.74. The lowest BCUT2D eigenvalue weighted by Gasteiger charge is -2.30. The largest absolute Gasteiger partial charge is 0.391 e. The molecule has 2 nitrogen and oxygen atoms in total. The minimum absolute atomic E-state index is 0.131. The number of nitrogens with zero attached hydrogens (tertiary/aromatic N) is 1. The third-order valence-electron chi connectivity index (χ3n) is 3.04. The quantitative estimate of drug-likeness (QED) is 0.823. The van der Waals surface area contributed by atoms with E-state index in [0.717, 1.165) is 0 Å². The van der Waals surface area contributed by atoms with E-state index in [4.69, 9.17) is 0 Å². The summed E-state index contributed by atoms with van der Waals surface area (Å²) in [6.07, 6.45) is -0.323. The van der Waals surface area contributed by atoms with Gasteiger partial charge in [-0.15, -0.1) is 0 Å². The van der Waals surface area contributed by atoms with Gasteiger partial charge >= 0.3 is 0 Å². The van der Waals surface area contributed by atoms with Gasteiger partial charge in [-0.05, 0) is 39.3 Å². The Hall–Kier alpha value is -1.02. The lowest BCUT2D eigenvalue weighted by Crippen LogP contribution is -2.37. The first kappa shape index (κ1) is 12.1. The van der Waals surface area contributed by atoms with Crippen molar-refractivity contribution in [3.63, 3.8) is 0 Å². The zero-order valence-electron chi connectivity index (χ0n) is 10.3. The predicted octanol–water partition coefficient (Wildman–Crippen LogP) is 2.51. The molecule has 2 unspecified atom stereocenters. The molecule has 0 aliphatic heterocycles. The molecule has 1 aromatic carbocycles. The second-order valence-corrected chi connectivity index (χ2v) is 4.38. The van der Waals surface area contributed by atoms with Crippen molar-refractivity contribution in [2.45, 2.75) is 39.8 Å². The van der Waals surface area contributed by atoms with Crippen molar-refractivity contribution in [2.24, 2.45) is 0 Å². The zero-order chi connectivity index (χ0) is 11.6. The molecule has 1 rings (SSSR count). The fourth-order valence-corrected chi connectivity index (χ4v) is 1.74. The van der Waals surface area contributed by atoms with Crippen LogP contribution in [0.1, 0.15) is 25.0 Å². The van der Waals surface area contributed by atoms with E-state index in [1.165, 1.54) is 16.8 Å². The molecule has 0 amide bonds. The monoisotopic (exact) mass is 207 g/mol. The summed E-state index contributed by atoms with van der Waals surface area (Å²) in [6.45, 7) is 8.05. The lowest BCUT2D eigenvalue weighted by molar-refractivity contribution is 0.168. The summed E-state index contributed by atoms with van der Waals surface area (Å²) in [5.41, 5.74) is 3.72. The SMILES string of the molecule is Cc1ccc(N(C)C(C)C(C)O)c(C)c1. The van der Waals surface area contributed by atoms with Crippen LogP contribution < -0.4 is 4.90 Å². The topological polar surface area (TPSA) is 23.5 Å². The van der Waals surface area contributed by atoms with Crippen LogP contribution in [0.5, 0.6) is 0 Å². The van der Waals surface area contributed by atoms with Gasteiger partial charge in [0, 0.05) is 12.7 Å². The fraction of sp³-hybridized carbons (Fsp3) is 0.538. The van der Waals surface area contributed by atoms with Crippen molar-refractivity contribution in [2.75, 3.05) is 11.9 Å². The number of anilines is 1. The van der Waals surface area contributed by atoms with E-state index in [2.05, 4.69) is 36.9 Å². The highest BCUT2D eigenvalue weighted by Crippen LogP contribution is 2.22. The summed E-state index contributed by atoms with van der Waals surface area (Å²) in [5, 5.41) is 9.56. The Kier molecular flexibility index (Phi) is 3.75. The summed E-state index contributed by atoms with van der Waals surface area (Å²) >= 11 is 0. The molecule has 0 aromatic heterocycles. The standard InChI is InChI=1S/C13H21NO/c1-9-6-7-13(10(2)8-9)14(5)11(3)12(4)15/h6-8,11-12,15H,1-5H3. The Bertz CT molecular complexity index is 333. The molecule has 0 heterocycles. The van der Waals surface area contributed by atoms with Crippen LogP contribution in [0.3, 0.4) is 0 Å². The summed E-state index contributed by atoms with van der Waals surface area (Å²) in [6, 6.07) is 6.52. The van der Waals surface area contributed by atoms with Crippen molar-refractivity contribution in [1.82, 2.24) is 0 Å². The highest BCUT2D eigenvalue weighted by Gasteiger charge is 2.16. The number of aliphatic hydroxyl groups excluding tert-OH is 1. The average Bonchev–Trinajstić information content (AvgIpc) is 2.15. The summed E-state index contributed by atoms with van der Waals surface area (Å²) in [7, 11) is 2.02. The van der Waals surface area contributed by atoms with Crippen LogP contribution >= 0.6 is 0 Å². The van der Waals surface area contributed by atoms with Crippen LogP contribution in [0, 0.1) is 13.8 Å². The number of likely N-dealkylation sites (N-methyl/N-ethyl adjacent to an activating group) is 1. The van der Waals surface area contributed by atoms with E-state index in [1.54, 1.807) is 0 Å². The van der Waals surface area contributed by atoms with E-state index in [1.807, 2.05) is 20.9 Å². The number of aliphatic hydroxyl groups is 1. The highest BCUT2D eigenvalue weighted by atomic mass is 16.3. The molecule has 15 heavy (non-hydrogen) atoms. The number of aryl methyl sites for hydroxylation is 2. The van der Waals surface area contributed by atoms with Crippen LogP contribution in [0.25, 0.3) is 0 Å². The Labute approximate surface area is 92.5 Å². The van der Waals surface area contributed by atoms with Gasteiger partial charge in [0.15, 0.2) is 0 Å². The second kappa shape index (κ2) is 4.67. The first-order chi connectivity index (χ1) is 6.93. The molecule has 0 saturated heterocycles. The summed E-state index contributed by atoms with van der Waals surface area (Å²) in [4.78, 5) is 2.12. The van der Waals surface area contributed by atoms with Crippen LogP contribution in [0.15, 0.2) is 18.2 Å². The average molecular weight is 207 g/mol.